The van der Waals surface area contributed by atoms with Gasteiger partial charge in [-0.3, -0.25) is 4.79 Å². The van der Waals surface area contributed by atoms with Gasteiger partial charge in [-0.1, -0.05) is 43.7 Å². The predicted octanol–water partition coefficient (Wildman–Crippen LogP) is 4.15. The number of unbranched alkanes of at least 4 members (excludes halogenated alkanes) is 2. The molecule has 0 unspecified atom stereocenters. The van der Waals surface area contributed by atoms with Gasteiger partial charge in [-0.2, -0.15) is 0 Å². The van der Waals surface area contributed by atoms with Gasteiger partial charge >= 0.3 is 0 Å². The molecule has 1 amide bonds. The van der Waals surface area contributed by atoms with Crippen LogP contribution in [0.15, 0.2) is 52.2 Å². The van der Waals surface area contributed by atoms with Crippen LogP contribution in [0.4, 0.5) is 0 Å². The molecule has 3 aromatic rings. The summed E-state index contributed by atoms with van der Waals surface area (Å²) in [4.78, 5) is 13.2. The molecule has 0 radical (unpaired) electrons. The van der Waals surface area contributed by atoms with E-state index in [1.54, 1.807) is 33.8 Å². The van der Waals surface area contributed by atoms with Crippen LogP contribution in [0.25, 0.3) is 11.6 Å². The van der Waals surface area contributed by atoms with E-state index in [4.69, 9.17) is 4.42 Å². The number of thioether (sulfide) groups is 1. The lowest BCUT2D eigenvalue weighted by Gasteiger charge is -2.28. The summed E-state index contributed by atoms with van der Waals surface area (Å²) in [7, 11) is 0. The molecule has 3 heterocycles. The monoisotopic (exact) mass is 382 g/mol. The second kappa shape index (κ2) is 8.00. The molecule has 1 aliphatic rings. The largest absolute Gasteiger partial charge is 0.461 e. The molecular weight excluding hydrogens is 360 g/mol. The lowest BCUT2D eigenvalue weighted by atomic mass is 10.1. The molecule has 0 bridgehead atoms. The van der Waals surface area contributed by atoms with E-state index in [0.29, 0.717) is 28.8 Å². The lowest BCUT2D eigenvalue weighted by molar-refractivity contribution is 0.0956. The Balaban J connectivity index is 1.58. The first-order chi connectivity index (χ1) is 13.3. The summed E-state index contributed by atoms with van der Waals surface area (Å²) < 4.78 is 7.24. The van der Waals surface area contributed by atoms with Crippen LogP contribution < -0.4 is 5.01 Å². The summed E-state index contributed by atoms with van der Waals surface area (Å²) in [6.07, 6.45) is 6.28. The van der Waals surface area contributed by atoms with Crippen LogP contribution in [0.5, 0.6) is 0 Å². The number of aryl methyl sites for hydroxylation is 1. The van der Waals surface area contributed by atoms with E-state index in [0.717, 1.165) is 12.2 Å². The number of hydrogen-bond acceptors (Lipinski definition) is 5. The molecule has 0 spiro atoms. The van der Waals surface area contributed by atoms with E-state index >= 15 is 0 Å². The summed E-state index contributed by atoms with van der Waals surface area (Å²) in [5.41, 5.74) is 1.95. The van der Waals surface area contributed by atoms with E-state index in [1.807, 2.05) is 18.2 Å². The minimum atomic E-state index is -0.0516. The van der Waals surface area contributed by atoms with Crippen LogP contribution in [0, 0.1) is 0 Å². The van der Waals surface area contributed by atoms with Gasteiger partial charge < -0.3 is 4.42 Å². The Labute approximate surface area is 162 Å². The third kappa shape index (κ3) is 3.64. The minimum absolute atomic E-state index is 0.0516. The van der Waals surface area contributed by atoms with Gasteiger partial charge in [0.2, 0.25) is 11.0 Å². The van der Waals surface area contributed by atoms with Gasteiger partial charge in [-0.25, -0.2) is 9.69 Å². The zero-order chi connectivity index (χ0) is 18.6. The van der Waals surface area contributed by atoms with Gasteiger partial charge in [0.05, 0.1) is 12.8 Å². The topological polar surface area (TPSA) is 64.2 Å². The molecule has 0 atom stereocenters. The first kappa shape index (κ1) is 17.9. The highest BCUT2D eigenvalue weighted by atomic mass is 32.2. The molecule has 0 saturated carbocycles. The zero-order valence-corrected chi connectivity index (χ0v) is 16.1. The number of nitrogens with zero attached hydrogens (tertiary/aromatic N) is 4. The molecule has 4 rings (SSSR count). The second-order valence-electron chi connectivity index (χ2n) is 6.53. The van der Waals surface area contributed by atoms with E-state index in [1.165, 1.54) is 24.8 Å². The fourth-order valence-corrected chi connectivity index (χ4v) is 4.04. The fourth-order valence-electron chi connectivity index (χ4n) is 3.19. The summed E-state index contributed by atoms with van der Waals surface area (Å²) in [6.45, 7) is 2.80. The Kier molecular flexibility index (Phi) is 5.29. The van der Waals surface area contributed by atoms with Crippen molar-refractivity contribution >= 4 is 17.7 Å². The number of hydrogen-bond donors (Lipinski definition) is 0. The average Bonchev–Trinajstić information content (AvgIpc) is 3.37. The number of fused-ring (bicyclic) bond motifs is 1. The van der Waals surface area contributed by atoms with Crippen molar-refractivity contribution in [3.05, 3.63) is 53.8 Å². The Bertz CT molecular complexity index is 903. The van der Waals surface area contributed by atoms with Crippen LogP contribution in [-0.4, -0.2) is 33.1 Å². The van der Waals surface area contributed by atoms with Gasteiger partial charge in [0.15, 0.2) is 5.76 Å². The molecule has 0 saturated heterocycles. The van der Waals surface area contributed by atoms with Gasteiger partial charge in [-0.05, 0) is 42.7 Å². The maximum Gasteiger partial charge on any atom is 0.272 e. The SMILES string of the molecule is CCCCCc1ccc(C(=O)N2CCSc3nnc(-c4ccco4)n32)cc1. The molecule has 0 fully saturated rings. The van der Waals surface area contributed by atoms with Crippen molar-refractivity contribution in [3.8, 4) is 11.6 Å². The van der Waals surface area contributed by atoms with Crippen molar-refractivity contribution in [2.75, 3.05) is 17.3 Å². The van der Waals surface area contributed by atoms with Gasteiger partial charge in [0.1, 0.15) is 0 Å². The Morgan fingerprint density at radius 1 is 1.19 bits per heavy atom. The number of benzene rings is 1. The van der Waals surface area contributed by atoms with Crippen LogP contribution in [0.1, 0.15) is 42.1 Å². The third-order valence-electron chi connectivity index (χ3n) is 4.63. The van der Waals surface area contributed by atoms with Gasteiger partial charge in [0, 0.05) is 11.3 Å². The van der Waals surface area contributed by atoms with E-state index in [2.05, 4.69) is 29.3 Å². The van der Waals surface area contributed by atoms with Crippen LogP contribution in [0.3, 0.4) is 0 Å². The van der Waals surface area contributed by atoms with Crippen molar-refractivity contribution < 1.29 is 9.21 Å². The van der Waals surface area contributed by atoms with Crippen molar-refractivity contribution in [3.63, 3.8) is 0 Å². The van der Waals surface area contributed by atoms with Gasteiger partial charge in [0.25, 0.3) is 5.91 Å². The molecule has 1 aliphatic heterocycles. The van der Waals surface area contributed by atoms with E-state index in [-0.39, 0.29) is 5.91 Å². The third-order valence-corrected chi connectivity index (χ3v) is 5.53. The Hall–Kier alpha value is -2.54. The number of amides is 1. The normalized spacial score (nSPS) is 13.6. The van der Waals surface area contributed by atoms with Crippen molar-refractivity contribution in [2.45, 2.75) is 37.8 Å². The average molecular weight is 382 g/mol. The zero-order valence-electron chi connectivity index (χ0n) is 15.3. The van der Waals surface area contributed by atoms with Crippen molar-refractivity contribution in [2.24, 2.45) is 0 Å². The summed E-state index contributed by atoms with van der Waals surface area (Å²) in [6, 6.07) is 11.6. The Morgan fingerprint density at radius 2 is 2.04 bits per heavy atom. The molecule has 1 aromatic carbocycles. The second-order valence-corrected chi connectivity index (χ2v) is 7.59. The number of aromatic nitrogens is 3. The maximum atomic E-state index is 13.2. The summed E-state index contributed by atoms with van der Waals surface area (Å²) >= 11 is 1.59. The quantitative estimate of drug-likeness (QED) is 0.599. The first-order valence-electron chi connectivity index (χ1n) is 9.31. The molecule has 140 valence electrons. The highest BCUT2D eigenvalue weighted by Gasteiger charge is 2.29. The van der Waals surface area contributed by atoms with Crippen LogP contribution >= 0.6 is 11.8 Å². The molecule has 0 aliphatic carbocycles. The summed E-state index contributed by atoms with van der Waals surface area (Å²) in [5.74, 6) is 1.88. The molecule has 7 heteroatoms. The van der Waals surface area contributed by atoms with Crippen LogP contribution in [-0.2, 0) is 6.42 Å². The first-order valence-corrected chi connectivity index (χ1v) is 10.3. The molecule has 2 aromatic heterocycles. The fraction of sp³-hybridized carbons (Fsp3) is 0.350. The number of carbonyl (C=O) groups excluding carboxylic acids is 1. The minimum Gasteiger partial charge on any atom is -0.461 e. The number of furan rings is 1. The van der Waals surface area contributed by atoms with Crippen LogP contribution in [0.2, 0.25) is 0 Å². The smallest absolute Gasteiger partial charge is 0.272 e. The maximum absolute atomic E-state index is 13.2. The highest BCUT2D eigenvalue weighted by molar-refractivity contribution is 7.99. The summed E-state index contributed by atoms with van der Waals surface area (Å²) in [5, 5.41) is 10.9. The highest BCUT2D eigenvalue weighted by Crippen LogP contribution is 2.28. The van der Waals surface area contributed by atoms with Crippen molar-refractivity contribution in [1.82, 2.24) is 14.9 Å². The van der Waals surface area contributed by atoms with Crippen molar-refractivity contribution in [1.29, 1.82) is 0 Å². The van der Waals surface area contributed by atoms with E-state index < -0.39 is 0 Å². The number of rotatable bonds is 6. The van der Waals surface area contributed by atoms with E-state index in [9.17, 15) is 4.79 Å². The lowest BCUT2D eigenvalue weighted by Crippen LogP contribution is -2.45. The standard InChI is InChI=1S/C20H22N4O2S/c1-2-3-4-6-15-8-10-16(11-9-15)19(25)23-12-14-27-20-22-21-18(24(20)23)17-7-5-13-26-17/h5,7-11,13H,2-4,6,12,14H2,1H3. The predicted molar refractivity (Wildman–Crippen MR) is 106 cm³/mol. The molecule has 6 nitrogen and oxygen atoms in total. The molecule has 0 N–H and O–H groups in total. The van der Waals surface area contributed by atoms with Gasteiger partial charge in [-0.15, -0.1) is 10.2 Å². The molecular formula is C20H22N4O2S. The Morgan fingerprint density at radius 3 is 2.78 bits per heavy atom. The molecule has 27 heavy (non-hydrogen) atoms. The number of carbonyl (C=O) groups is 1.